The van der Waals surface area contributed by atoms with Gasteiger partial charge in [-0.1, -0.05) is 13.8 Å². The molecule has 6 heteroatoms. The van der Waals surface area contributed by atoms with Gasteiger partial charge in [0.2, 0.25) is 0 Å². The van der Waals surface area contributed by atoms with Gasteiger partial charge in [0.15, 0.2) is 0 Å². The van der Waals surface area contributed by atoms with Crippen LogP contribution in [0.15, 0.2) is 0 Å². The summed E-state index contributed by atoms with van der Waals surface area (Å²) in [6.45, 7) is 3.98. The predicted molar refractivity (Wildman–Crippen MR) is 70.8 cm³/mol. The zero-order chi connectivity index (χ0) is 14.4. The molecule has 110 valence electrons. The summed E-state index contributed by atoms with van der Waals surface area (Å²) in [6.07, 6.45) is 3.33. The largest absolute Gasteiger partial charge is 0.480 e. The van der Waals surface area contributed by atoms with Gasteiger partial charge in [0, 0.05) is 12.6 Å². The number of aliphatic hydroxyl groups is 1. The molecule has 3 N–H and O–H groups in total. The maximum Gasteiger partial charge on any atom is 0.326 e. The van der Waals surface area contributed by atoms with Crippen LogP contribution >= 0.6 is 0 Å². The molecule has 0 spiro atoms. The topological polar surface area (TPSA) is 89.9 Å². The number of carbonyl (C=O) groups is 2. The molecule has 0 aromatic heterocycles. The highest BCUT2D eigenvalue weighted by Crippen LogP contribution is 2.24. The first-order valence-corrected chi connectivity index (χ1v) is 6.86. The second kappa shape index (κ2) is 7.33. The van der Waals surface area contributed by atoms with Crippen molar-refractivity contribution in [1.82, 2.24) is 10.2 Å². The molecule has 1 aliphatic carbocycles. The zero-order valence-electron chi connectivity index (χ0n) is 11.6. The lowest BCUT2D eigenvalue weighted by Crippen LogP contribution is -2.54. The summed E-state index contributed by atoms with van der Waals surface area (Å²) >= 11 is 0. The van der Waals surface area contributed by atoms with Gasteiger partial charge in [0.05, 0.1) is 6.61 Å². The maximum absolute atomic E-state index is 12.1. The summed E-state index contributed by atoms with van der Waals surface area (Å²) in [4.78, 5) is 24.8. The van der Waals surface area contributed by atoms with Crippen molar-refractivity contribution in [3.63, 3.8) is 0 Å². The van der Waals surface area contributed by atoms with E-state index in [-0.39, 0.29) is 31.1 Å². The van der Waals surface area contributed by atoms with Gasteiger partial charge in [0.1, 0.15) is 6.04 Å². The number of carboxylic acids is 1. The molecular weight excluding hydrogens is 248 g/mol. The molecule has 0 unspecified atom stereocenters. The van der Waals surface area contributed by atoms with Gasteiger partial charge < -0.3 is 20.4 Å². The number of urea groups is 1. The van der Waals surface area contributed by atoms with E-state index < -0.39 is 12.0 Å². The molecule has 1 fully saturated rings. The van der Waals surface area contributed by atoms with Gasteiger partial charge in [-0.15, -0.1) is 0 Å². The normalized spacial score (nSPS) is 16.8. The number of nitrogens with zero attached hydrogens (tertiary/aromatic N) is 1. The highest BCUT2D eigenvalue weighted by molar-refractivity contribution is 5.82. The van der Waals surface area contributed by atoms with Crippen molar-refractivity contribution in [3.8, 4) is 0 Å². The van der Waals surface area contributed by atoms with E-state index >= 15 is 0 Å². The van der Waals surface area contributed by atoms with Crippen molar-refractivity contribution in [2.45, 2.75) is 51.6 Å². The van der Waals surface area contributed by atoms with Crippen LogP contribution in [-0.4, -0.2) is 52.3 Å². The quantitative estimate of drug-likeness (QED) is 0.646. The van der Waals surface area contributed by atoms with Crippen LogP contribution in [-0.2, 0) is 4.79 Å². The first kappa shape index (κ1) is 15.8. The van der Waals surface area contributed by atoms with E-state index in [0.717, 1.165) is 19.3 Å². The Hall–Kier alpha value is -1.30. The van der Waals surface area contributed by atoms with E-state index in [1.807, 2.05) is 13.8 Å². The number of rotatable bonds is 7. The molecule has 0 aliphatic heterocycles. The third-order valence-electron chi connectivity index (χ3n) is 3.42. The van der Waals surface area contributed by atoms with E-state index in [2.05, 4.69) is 5.32 Å². The van der Waals surface area contributed by atoms with Crippen molar-refractivity contribution < 1.29 is 19.8 Å². The third-order valence-corrected chi connectivity index (χ3v) is 3.42. The molecule has 1 aliphatic rings. The minimum atomic E-state index is -1.01. The Kier molecular flexibility index (Phi) is 6.08. The van der Waals surface area contributed by atoms with Gasteiger partial charge >= 0.3 is 12.0 Å². The number of nitrogens with one attached hydrogen (secondary N) is 1. The van der Waals surface area contributed by atoms with Crippen molar-refractivity contribution in [3.05, 3.63) is 0 Å². The van der Waals surface area contributed by atoms with Crippen molar-refractivity contribution in [1.29, 1.82) is 0 Å². The number of carbonyl (C=O) groups excluding carboxylic acids is 1. The molecule has 0 aromatic carbocycles. The summed E-state index contributed by atoms with van der Waals surface area (Å²) in [5.74, 6) is -0.823. The molecule has 0 radical (unpaired) electrons. The number of hydrogen-bond acceptors (Lipinski definition) is 3. The van der Waals surface area contributed by atoms with E-state index in [1.54, 1.807) is 4.90 Å². The fraction of sp³-hybridized carbons (Fsp3) is 0.846. The number of amides is 2. The average Bonchev–Trinajstić information content (AvgIpc) is 2.24. The lowest BCUT2D eigenvalue weighted by atomic mass is 9.91. The summed E-state index contributed by atoms with van der Waals surface area (Å²) in [6, 6.07) is -1.11. The molecule has 0 aromatic rings. The fourth-order valence-electron chi connectivity index (χ4n) is 2.18. The fourth-order valence-corrected chi connectivity index (χ4v) is 2.18. The Bertz CT molecular complexity index is 316. The molecule has 1 saturated carbocycles. The van der Waals surface area contributed by atoms with Crippen molar-refractivity contribution in [2.75, 3.05) is 13.2 Å². The predicted octanol–water partition coefficient (Wildman–Crippen LogP) is 1.04. The van der Waals surface area contributed by atoms with E-state index in [0.29, 0.717) is 6.42 Å². The second-order valence-corrected chi connectivity index (χ2v) is 5.47. The lowest BCUT2D eigenvalue weighted by Gasteiger charge is -2.37. The van der Waals surface area contributed by atoms with Gasteiger partial charge in [0.25, 0.3) is 0 Å². The SMILES string of the molecule is CC(C)C[C@H](NC(=O)N(CCO)C1CCC1)C(=O)O. The summed E-state index contributed by atoms with van der Waals surface area (Å²) < 4.78 is 0. The van der Waals surface area contributed by atoms with Crippen molar-refractivity contribution in [2.24, 2.45) is 5.92 Å². The Morgan fingerprint density at radius 1 is 1.37 bits per heavy atom. The standard InChI is InChI=1S/C13H24N2O4/c1-9(2)8-11(12(17)18)14-13(19)15(6-7-16)10-4-3-5-10/h9-11,16H,3-8H2,1-2H3,(H,14,19)(H,17,18)/t11-/m0/s1. The van der Waals surface area contributed by atoms with Gasteiger partial charge in [-0.2, -0.15) is 0 Å². The van der Waals surface area contributed by atoms with E-state index in [1.165, 1.54) is 0 Å². The van der Waals surface area contributed by atoms with Crippen LogP contribution in [0, 0.1) is 5.92 Å². The number of carboxylic acid groups (broad SMARTS) is 1. The highest BCUT2D eigenvalue weighted by atomic mass is 16.4. The third kappa shape index (κ3) is 4.70. The van der Waals surface area contributed by atoms with Gasteiger partial charge in [-0.05, 0) is 31.6 Å². The Morgan fingerprint density at radius 2 is 2.00 bits per heavy atom. The molecule has 6 nitrogen and oxygen atoms in total. The van der Waals surface area contributed by atoms with Crippen LogP contribution in [0.25, 0.3) is 0 Å². The van der Waals surface area contributed by atoms with Gasteiger partial charge in [-0.3, -0.25) is 0 Å². The molecule has 0 heterocycles. The molecule has 19 heavy (non-hydrogen) atoms. The van der Waals surface area contributed by atoms with Crippen molar-refractivity contribution >= 4 is 12.0 Å². The Labute approximate surface area is 113 Å². The molecule has 1 atom stereocenters. The number of hydrogen-bond donors (Lipinski definition) is 3. The first-order valence-electron chi connectivity index (χ1n) is 6.86. The summed E-state index contributed by atoms with van der Waals surface area (Å²) in [5.41, 5.74) is 0. The maximum atomic E-state index is 12.1. The molecule has 0 saturated heterocycles. The minimum Gasteiger partial charge on any atom is -0.480 e. The van der Waals surface area contributed by atoms with Crippen LogP contribution in [0.5, 0.6) is 0 Å². The van der Waals surface area contributed by atoms with Crippen LogP contribution in [0.3, 0.4) is 0 Å². The minimum absolute atomic E-state index is 0.105. The zero-order valence-corrected chi connectivity index (χ0v) is 11.6. The van der Waals surface area contributed by atoms with E-state index in [4.69, 9.17) is 10.2 Å². The lowest BCUT2D eigenvalue weighted by molar-refractivity contribution is -0.139. The molecule has 0 bridgehead atoms. The van der Waals surface area contributed by atoms with E-state index in [9.17, 15) is 9.59 Å². The summed E-state index contributed by atoms with van der Waals surface area (Å²) in [7, 11) is 0. The summed E-state index contributed by atoms with van der Waals surface area (Å²) in [5, 5.41) is 20.7. The number of aliphatic hydroxyl groups excluding tert-OH is 1. The average molecular weight is 272 g/mol. The monoisotopic (exact) mass is 272 g/mol. The smallest absolute Gasteiger partial charge is 0.326 e. The molecular formula is C13H24N2O4. The van der Waals surface area contributed by atoms with Crippen LogP contribution in [0.2, 0.25) is 0 Å². The first-order chi connectivity index (χ1) is 8.95. The Morgan fingerprint density at radius 3 is 2.37 bits per heavy atom. The molecule has 2 amide bonds. The van der Waals surface area contributed by atoms with Crippen LogP contribution < -0.4 is 5.32 Å². The van der Waals surface area contributed by atoms with Gasteiger partial charge in [-0.25, -0.2) is 9.59 Å². The number of aliphatic carboxylic acids is 1. The highest BCUT2D eigenvalue weighted by Gasteiger charge is 2.30. The Balaban J connectivity index is 2.59. The second-order valence-electron chi connectivity index (χ2n) is 5.47. The molecule has 1 rings (SSSR count). The van der Waals surface area contributed by atoms with Crippen LogP contribution in [0.1, 0.15) is 39.5 Å². The van der Waals surface area contributed by atoms with Crippen LogP contribution in [0.4, 0.5) is 4.79 Å².